The molecule has 0 amide bonds. The van der Waals surface area contributed by atoms with Gasteiger partial charge in [0.1, 0.15) is 0 Å². The minimum Gasteiger partial charge on any atom is -0.398 e. The molecule has 0 aliphatic carbocycles. The predicted molar refractivity (Wildman–Crippen MR) is 86.9 cm³/mol. The van der Waals surface area contributed by atoms with E-state index in [1.165, 1.54) is 6.07 Å². The number of benzene rings is 1. The van der Waals surface area contributed by atoms with Crippen molar-refractivity contribution < 1.29 is 8.42 Å². The molecular formula is C13H17BrClN3O2S. The Morgan fingerprint density at radius 3 is 2.81 bits per heavy atom. The number of fused-ring (bicyclic) bond motifs is 1. The molecule has 2 aliphatic rings. The van der Waals surface area contributed by atoms with Crippen molar-refractivity contribution in [3.63, 3.8) is 0 Å². The zero-order valence-electron chi connectivity index (χ0n) is 11.4. The maximum Gasteiger partial charge on any atom is 0.244 e. The molecule has 2 heterocycles. The van der Waals surface area contributed by atoms with E-state index in [0.29, 0.717) is 34.3 Å². The highest BCUT2D eigenvalue weighted by molar-refractivity contribution is 9.10. The maximum atomic E-state index is 12.9. The molecule has 1 aromatic rings. The van der Waals surface area contributed by atoms with Crippen LogP contribution in [0.25, 0.3) is 0 Å². The monoisotopic (exact) mass is 393 g/mol. The second kappa shape index (κ2) is 5.70. The number of halogens is 2. The Hall–Kier alpha value is -0.340. The fraction of sp³-hybridized carbons (Fsp3) is 0.538. The number of hydrogen-bond acceptors (Lipinski definition) is 4. The van der Waals surface area contributed by atoms with Gasteiger partial charge in [-0.15, -0.1) is 0 Å². The zero-order chi connectivity index (χ0) is 15.2. The summed E-state index contributed by atoms with van der Waals surface area (Å²) in [5.74, 6) is 0. The van der Waals surface area contributed by atoms with Crippen LogP contribution >= 0.6 is 27.5 Å². The Bertz CT molecular complexity index is 668. The van der Waals surface area contributed by atoms with Gasteiger partial charge < -0.3 is 5.73 Å². The van der Waals surface area contributed by atoms with Gasteiger partial charge in [0.05, 0.1) is 9.37 Å². The molecule has 3 rings (SSSR count). The van der Waals surface area contributed by atoms with E-state index in [1.54, 1.807) is 10.4 Å². The molecule has 2 N–H and O–H groups in total. The largest absolute Gasteiger partial charge is 0.398 e. The van der Waals surface area contributed by atoms with Crippen molar-refractivity contribution in [2.45, 2.75) is 23.8 Å². The maximum absolute atomic E-state index is 12.9. The first-order valence-electron chi connectivity index (χ1n) is 6.88. The van der Waals surface area contributed by atoms with Crippen molar-refractivity contribution >= 4 is 43.2 Å². The standard InChI is InChI=1S/C13H17BrClN3O2S/c14-13-11(16)6-9(15)7-12(13)21(19,20)18-5-4-17-3-1-2-10(17)8-18/h6-7,10H,1-5,8,16H2. The van der Waals surface area contributed by atoms with Gasteiger partial charge in [-0.25, -0.2) is 8.42 Å². The van der Waals surface area contributed by atoms with Crippen LogP contribution in [0.3, 0.4) is 0 Å². The average molecular weight is 395 g/mol. The van der Waals surface area contributed by atoms with Gasteiger partial charge in [-0.05, 0) is 47.4 Å². The van der Waals surface area contributed by atoms with Gasteiger partial charge in [0.15, 0.2) is 0 Å². The van der Waals surface area contributed by atoms with E-state index in [4.69, 9.17) is 17.3 Å². The molecule has 1 aromatic carbocycles. The molecule has 1 unspecified atom stereocenters. The van der Waals surface area contributed by atoms with Crippen LogP contribution in [0.4, 0.5) is 5.69 Å². The fourth-order valence-corrected chi connectivity index (χ4v) is 5.81. The molecule has 0 aromatic heterocycles. The number of rotatable bonds is 2. The molecule has 0 radical (unpaired) electrons. The van der Waals surface area contributed by atoms with Crippen molar-refractivity contribution in [3.05, 3.63) is 21.6 Å². The summed E-state index contributed by atoms with van der Waals surface area (Å²) in [6.45, 7) is 2.92. The zero-order valence-corrected chi connectivity index (χ0v) is 14.6. The van der Waals surface area contributed by atoms with Crippen LogP contribution < -0.4 is 5.73 Å². The molecular weight excluding hydrogens is 378 g/mol. The van der Waals surface area contributed by atoms with Gasteiger partial charge in [0, 0.05) is 36.4 Å². The molecule has 0 bridgehead atoms. The Morgan fingerprint density at radius 2 is 2.05 bits per heavy atom. The molecule has 21 heavy (non-hydrogen) atoms. The van der Waals surface area contributed by atoms with E-state index >= 15 is 0 Å². The summed E-state index contributed by atoms with van der Waals surface area (Å²) < 4.78 is 27.7. The first kappa shape index (κ1) is 15.6. The van der Waals surface area contributed by atoms with Gasteiger partial charge in [-0.1, -0.05) is 11.6 Å². The second-order valence-electron chi connectivity index (χ2n) is 5.50. The lowest BCUT2D eigenvalue weighted by atomic mass is 10.2. The SMILES string of the molecule is Nc1cc(Cl)cc(S(=O)(=O)N2CCN3CCCC3C2)c1Br. The molecule has 0 spiro atoms. The summed E-state index contributed by atoms with van der Waals surface area (Å²) in [7, 11) is -3.58. The van der Waals surface area contributed by atoms with E-state index in [-0.39, 0.29) is 4.90 Å². The third-order valence-electron chi connectivity index (χ3n) is 4.20. The van der Waals surface area contributed by atoms with E-state index < -0.39 is 10.0 Å². The molecule has 0 saturated carbocycles. The molecule has 2 aliphatic heterocycles. The van der Waals surface area contributed by atoms with Crippen LogP contribution in [-0.2, 0) is 10.0 Å². The molecule has 1 atom stereocenters. The van der Waals surface area contributed by atoms with E-state index in [1.807, 2.05) is 0 Å². The Labute approximate surface area is 138 Å². The Kier molecular flexibility index (Phi) is 4.22. The summed E-state index contributed by atoms with van der Waals surface area (Å²) >= 11 is 9.24. The molecule has 116 valence electrons. The highest BCUT2D eigenvalue weighted by Gasteiger charge is 2.37. The quantitative estimate of drug-likeness (QED) is 0.781. The van der Waals surface area contributed by atoms with E-state index in [9.17, 15) is 8.42 Å². The Morgan fingerprint density at radius 1 is 1.29 bits per heavy atom. The lowest BCUT2D eigenvalue weighted by Gasteiger charge is -2.36. The lowest BCUT2D eigenvalue weighted by Crippen LogP contribution is -2.51. The topological polar surface area (TPSA) is 66.6 Å². The second-order valence-corrected chi connectivity index (χ2v) is 8.64. The number of hydrogen-bond donors (Lipinski definition) is 1. The predicted octanol–water partition coefficient (Wildman–Crippen LogP) is 2.15. The molecule has 5 nitrogen and oxygen atoms in total. The van der Waals surface area contributed by atoms with Crippen LogP contribution in [-0.4, -0.2) is 49.8 Å². The van der Waals surface area contributed by atoms with Crippen LogP contribution in [0.2, 0.25) is 5.02 Å². The summed E-state index contributed by atoms with van der Waals surface area (Å²) in [6.07, 6.45) is 2.21. The number of sulfonamides is 1. The van der Waals surface area contributed by atoms with E-state index in [2.05, 4.69) is 20.8 Å². The van der Waals surface area contributed by atoms with Gasteiger partial charge >= 0.3 is 0 Å². The average Bonchev–Trinajstić information content (AvgIpc) is 2.89. The smallest absolute Gasteiger partial charge is 0.244 e. The van der Waals surface area contributed by atoms with E-state index in [0.717, 1.165) is 25.9 Å². The molecule has 8 heteroatoms. The van der Waals surface area contributed by atoms with Crippen molar-refractivity contribution in [1.82, 2.24) is 9.21 Å². The van der Waals surface area contributed by atoms with Crippen LogP contribution in [0.5, 0.6) is 0 Å². The third-order valence-corrected chi connectivity index (χ3v) is 7.45. The number of nitrogen functional groups attached to an aromatic ring is 1. The summed E-state index contributed by atoms with van der Waals surface area (Å²) in [5, 5.41) is 0.328. The highest BCUT2D eigenvalue weighted by atomic mass is 79.9. The normalized spacial score (nSPS) is 24.2. The first-order chi connectivity index (χ1) is 9.89. The van der Waals surface area contributed by atoms with Crippen LogP contribution in [0.15, 0.2) is 21.5 Å². The minimum absolute atomic E-state index is 0.152. The summed E-state index contributed by atoms with van der Waals surface area (Å²) in [6, 6.07) is 3.33. The highest BCUT2D eigenvalue weighted by Crippen LogP contribution is 2.34. The van der Waals surface area contributed by atoms with Gasteiger partial charge in [-0.2, -0.15) is 4.31 Å². The molecule has 2 saturated heterocycles. The number of nitrogens with two attached hydrogens (primary N) is 1. The van der Waals surface area contributed by atoms with Crippen LogP contribution in [0.1, 0.15) is 12.8 Å². The number of anilines is 1. The van der Waals surface area contributed by atoms with Crippen molar-refractivity contribution in [1.29, 1.82) is 0 Å². The van der Waals surface area contributed by atoms with Gasteiger partial charge in [-0.3, -0.25) is 4.90 Å². The Balaban J connectivity index is 1.94. The summed E-state index contributed by atoms with van der Waals surface area (Å²) in [5.41, 5.74) is 6.14. The van der Waals surface area contributed by atoms with Gasteiger partial charge in [0.25, 0.3) is 0 Å². The number of nitrogens with zero attached hydrogens (tertiary/aromatic N) is 2. The van der Waals surface area contributed by atoms with Crippen LogP contribution in [0, 0.1) is 0 Å². The molecule has 2 fully saturated rings. The number of piperazine rings is 1. The van der Waals surface area contributed by atoms with Crippen molar-refractivity contribution in [2.24, 2.45) is 0 Å². The third kappa shape index (κ3) is 2.82. The first-order valence-corrected chi connectivity index (χ1v) is 9.49. The van der Waals surface area contributed by atoms with Gasteiger partial charge in [0.2, 0.25) is 10.0 Å². The minimum atomic E-state index is -3.58. The van der Waals surface area contributed by atoms with Crippen molar-refractivity contribution in [2.75, 3.05) is 31.9 Å². The fourth-order valence-electron chi connectivity index (χ4n) is 3.09. The van der Waals surface area contributed by atoms with Crippen molar-refractivity contribution in [3.8, 4) is 0 Å². The summed E-state index contributed by atoms with van der Waals surface area (Å²) in [4.78, 5) is 2.52. The lowest BCUT2D eigenvalue weighted by molar-refractivity contribution is 0.158.